The second kappa shape index (κ2) is 6.85. The highest BCUT2D eigenvalue weighted by atomic mass is 35.5. The lowest BCUT2D eigenvalue weighted by atomic mass is 9.93. The number of anilines is 1. The molecule has 0 aliphatic carbocycles. The molecule has 2 aromatic carbocycles. The standard InChI is InChI=1S/C19H14ClFN4O2/c1-27-18(26)15-16(11-2-6-13(20)7-3-11)24-19-22-10-23-25(19)17(15)12-4-8-14(21)9-5-12/h2-10,17H,1H3,(H,22,23,24)/t17-/m0/s1. The Kier molecular flexibility index (Phi) is 4.37. The molecule has 8 heteroatoms. The summed E-state index contributed by atoms with van der Waals surface area (Å²) in [5.41, 5.74) is 2.29. The molecule has 4 rings (SSSR count). The van der Waals surface area contributed by atoms with E-state index in [9.17, 15) is 9.18 Å². The van der Waals surface area contributed by atoms with Gasteiger partial charge in [-0.1, -0.05) is 35.9 Å². The first kappa shape index (κ1) is 17.2. The average Bonchev–Trinajstić information content (AvgIpc) is 3.15. The molecule has 0 saturated carbocycles. The smallest absolute Gasteiger partial charge is 0.338 e. The number of carbonyl (C=O) groups is 1. The van der Waals surface area contributed by atoms with Crippen molar-refractivity contribution in [1.29, 1.82) is 0 Å². The van der Waals surface area contributed by atoms with Gasteiger partial charge in [-0.15, -0.1) is 0 Å². The molecule has 1 N–H and O–H groups in total. The molecule has 0 fully saturated rings. The van der Waals surface area contributed by atoms with Crippen LogP contribution >= 0.6 is 11.6 Å². The molecule has 0 bridgehead atoms. The maximum atomic E-state index is 13.4. The van der Waals surface area contributed by atoms with Crippen LogP contribution in [-0.2, 0) is 9.53 Å². The van der Waals surface area contributed by atoms with E-state index in [0.29, 0.717) is 27.8 Å². The zero-order chi connectivity index (χ0) is 19.0. The van der Waals surface area contributed by atoms with Crippen LogP contribution in [0.15, 0.2) is 60.4 Å². The van der Waals surface area contributed by atoms with E-state index in [4.69, 9.17) is 16.3 Å². The molecular weight excluding hydrogens is 371 g/mol. The van der Waals surface area contributed by atoms with Crippen LogP contribution in [0.2, 0.25) is 5.02 Å². The Morgan fingerprint density at radius 3 is 2.56 bits per heavy atom. The molecule has 6 nitrogen and oxygen atoms in total. The molecule has 1 aliphatic rings. The molecule has 136 valence electrons. The monoisotopic (exact) mass is 384 g/mol. The second-order valence-electron chi connectivity index (χ2n) is 5.89. The number of benzene rings is 2. The van der Waals surface area contributed by atoms with E-state index in [1.54, 1.807) is 41.1 Å². The third kappa shape index (κ3) is 3.06. The normalized spacial score (nSPS) is 15.9. The maximum absolute atomic E-state index is 13.4. The summed E-state index contributed by atoms with van der Waals surface area (Å²) in [5.74, 6) is -0.433. The third-order valence-electron chi connectivity index (χ3n) is 4.32. The average molecular weight is 385 g/mol. The van der Waals surface area contributed by atoms with Crippen molar-refractivity contribution in [3.05, 3.63) is 82.4 Å². The van der Waals surface area contributed by atoms with Gasteiger partial charge in [-0.05, 0) is 35.4 Å². The predicted octanol–water partition coefficient (Wildman–Crippen LogP) is 3.67. The summed E-state index contributed by atoms with van der Waals surface area (Å²) < 4.78 is 20.0. The zero-order valence-corrected chi connectivity index (χ0v) is 14.9. The van der Waals surface area contributed by atoms with Crippen molar-refractivity contribution in [2.75, 3.05) is 12.4 Å². The van der Waals surface area contributed by atoms with Gasteiger partial charge in [0, 0.05) is 5.02 Å². The predicted molar refractivity (Wildman–Crippen MR) is 98.6 cm³/mol. The van der Waals surface area contributed by atoms with Gasteiger partial charge < -0.3 is 10.1 Å². The van der Waals surface area contributed by atoms with Gasteiger partial charge in [0.2, 0.25) is 5.95 Å². The molecule has 1 atom stereocenters. The molecule has 0 spiro atoms. The van der Waals surface area contributed by atoms with Gasteiger partial charge in [0.25, 0.3) is 0 Å². The van der Waals surface area contributed by atoms with Crippen molar-refractivity contribution in [2.24, 2.45) is 0 Å². The van der Waals surface area contributed by atoms with Crippen LogP contribution in [0.5, 0.6) is 0 Å². The van der Waals surface area contributed by atoms with Crippen molar-refractivity contribution in [2.45, 2.75) is 6.04 Å². The highest BCUT2D eigenvalue weighted by molar-refractivity contribution is 6.30. The van der Waals surface area contributed by atoms with Crippen LogP contribution in [0, 0.1) is 5.82 Å². The van der Waals surface area contributed by atoms with Crippen molar-refractivity contribution in [3.63, 3.8) is 0 Å². The Bertz CT molecular complexity index is 1030. The molecule has 1 aromatic heterocycles. The number of carbonyl (C=O) groups excluding carboxylic acids is 1. The number of fused-ring (bicyclic) bond motifs is 1. The van der Waals surface area contributed by atoms with Crippen molar-refractivity contribution < 1.29 is 13.9 Å². The van der Waals surface area contributed by atoms with E-state index in [2.05, 4.69) is 15.4 Å². The summed E-state index contributed by atoms with van der Waals surface area (Å²) in [4.78, 5) is 16.9. The minimum atomic E-state index is -0.623. The topological polar surface area (TPSA) is 69.0 Å². The lowest BCUT2D eigenvalue weighted by Crippen LogP contribution is -2.29. The summed E-state index contributed by atoms with van der Waals surface area (Å²) >= 11 is 5.99. The van der Waals surface area contributed by atoms with Crippen molar-refractivity contribution in [1.82, 2.24) is 14.8 Å². The van der Waals surface area contributed by atoms with E-state index in [1.807, 2.05) is 0 Å². The number of ether oxygens (including phenoxy) is 1. The van der Waals surface area contributed by atoms with Crippen LogP contribution in [0.25, 0.3) is 5.70 Å². The SMILES string of the molecule is COC(=O)C1=C(c2ccc(Cl)cc2)Nc2ncnn2[C@H]1c1ccc(F)cc1. The quantitative estimate of drug-likeness (QED) is 0.698. The molecule has 0 radical (unpaired) electrons. The molecule has 2 heterocycles. The second-order valence-corrected chi connectivity index (χ2v) is 6.33. The number of rotatable bonds is 3. The van der Waals surface area contributed by atoms with Crippen molar-refractivity contribution >= 4 is 29.2 Å². The minimum Gasteiger partial charge on any atom is -0.466 e. The number of methoxy groups -OCH3 is 1. The third-order valence-corrected chi connectivity index (χ3v) is 4.57. The van der Waals surface area contributed by atoms with Crippen LogP contribution < -0.4 is 5.32 Å². The van der Waals surface area contributed by atoms with E-state index in [0.717, 1.165) is 5.56 Å². The van der Waals surface area contributed by atoms with Gasteiger partial charge in [0.05, 0.1) is 18.4 Å². The Morgan fingerprint density at radius 1 is 1.19 bits per heavy atom. The highest BCUT2D eigenvalue weighted by Gasteiger charge is 2.35. The first-order chi connectivity index (χ1) is 13.1. The molecule has 0 unspecified atom stereocenters. The molecule has 1 aliphatic heterocycles. The maximum Gasteiger partial charge on any atom is 0.338 e. The fourth-order valence-corrected chi connectivity index (χ4v) is 3.21. The fourth-order valence-electron chi connectivity index (χ4n) is 3.09. The number of nitrogens with one attached hydrogen (secondary N) is 1. The van der Waals surface area contributed by atoms with E-state index >= 15 is 0 Å². The summed E-state index contributed by atoms with van der Waals surface area (Å²) in [5, 5.41) is 7.95. The van der Waals surface area contributed by atoms with Crippen LogP contribution in [0.3, 0.4) is 0 Å². The Balaban J connectivity index is 1.96. The Labute approximate surface area is 159 Å². The summed E-state index contributed by atoms with van der Waals surface area (Å²) in [7, 11) is 1.31. The van der Waals surface area contributed by atoms with Gasteiger partial charge >= 0.3 is 5.97 Å². The number of halogens is 2. The zero-order valence-electron chi connectivity index (χ0n) is 14.2. The van der Waals surface area contributed by atoms with Crippen LogP contribution in [-0.4, -0.2) is 27.8 Å². The minimum absolute atomic E-state index is 0.337. The van der Waals surface area contributed by atoms with E-state index in [1.165, 1.54) is 25.6 Å². The van der Waals surface area contributed by atoms with Crippen LogP contribution in [0.1, 0.15) is 17.2 Å². The van der Waals surface area contributed by atoms with Crippen molar-refractivity contribution in [3.8, 4) is 0 Å². The Morgan fingerprint density at radius 2 is 1.89 bits per heavy atom. The number of esters is 1. The largest absolute Gasteiger partial charge is 0.466 e. The molecular formula is C19H14ClFN4O2. The van der Waals surface area contributed by atoms with Gasteiger partial charge in [0.15, 0.2) is 0 Å². The first-order valence-electron chi connectivity index (χ1n) is 8.09. The van der Waals surface area contributed by atoms with E-state index in [-0.39, 0.29) is 5.82 Å². The van der Waals surface area contributed by atoms with Crippen LogP contribution in [0.4, 0.5) is 10.3 Å². The fraction of sp³-hybridized carbons (Fsp3) is 0.105. The van der Waals surface area contributed by atoms with Gasteiger partial charge in [-0.25, -0.2) is 13.9 Å². The first-order valence-corrected chi connectivity index (χ1v) is 8.46. The number of aromatic nitrogens is 3. The molecule has 27 heavy (non-hydrogen) atoms. The van der Waals surface area contributed by atoms with Gasteiger partial charge in [0.1, 0.15) is 18.2 Å². The summed E-state index contributed by atoms with van der Waals surface area (Å²) in [6.45, 7) is 0. The molecule has 3 aromatic rings. The van der Waals surface area contributed by atoms with Gasteiger partial charge in [-0.2, -0.15) is 10.1 Å². The number of hydrogen-bond acceptors (Lipinski definition) is 5. The molecule has 0 saturated heterocycles. The lowest BCUT2D eigenvalue weighted by Gasteiger charge is -2.29. The Hall–Kier alpha value is -3.19. The number of nitrogens with zero attached hydrogens (tertiary/aromatic N) is 3. The number of hydrogen-bond donors (Lipinski definition) is 1. The summed E-state index contributed by atoms with van der Waals surface area (Å²) in [6.07, 6.45) is 1.39. The van der Waals surface area contributed by atoms with Gasteiger partial charge in [-0.3, -0.25) is 0 Å². The lowest BCUT2D eigenvalue weighted by molar-refractivity contribution is -0.136. The molecule has 0 amide bonds. The summed E-state index contributed by atoms with van der Waals surface area (Å²) in [6, 6.07) is 12.3. The van der Waals surface area contributed by atoms with E-state index < -0.39 is 12.0 Å². The highest BCUT2D eigenvalue weighted by Crippen LogP contribution is 2.38.